The molecule has 4 heteroatoms. The molecule has 0 bridgehead atoms. The lowest BCUT2D eigenvalue weighted by Gasteiger charge is -2.27. The average molecular weight is 355 g/mol. The summed E-state index contributed by atoms with van der Waals surface area (Å²) in [7, 11) is -0.478. The van der Waals surface area contributed by atoms with E-state index in [0.717, 1.165) is 6.42 Å². The molecule has 0 amide bonds. The standard InChI is InChI=1S/C20H32F2OSi/c1-3-5-6-13-24-14-11-16(12-15-24)7-8-17-9-10-18(23-4-2)20(22)19(17)21/h9-10,16,24H,3-8,11-15H2,1-2H3/t16-,24-. The minimum atomic E-state index is -0.832. The highest BCUT2D eigenvalue weighted by Crippen LogP contribution is 2.32. The first kappa shape index (κ1) is 19.4. The van der Waals surface area contributed by atoms with E-state index in [1.165, 1.54) is 50.2 Å². The number of aryl methyl sites for hydroxylation is 1. The SMILES string of the molecule is CCCCC[Si@H]1CC[C@H](CCc2ccc(OCC)c(F)c2F)CC1. The Kier molecular flexibility index (Phi) is 8.23. The van der Waals surface area contributed by atoms with Crippen LogP contribution in [0, 0.1) is 17.6 Å². The van der Waals surface area contributed by atoms with Gasteiger partial charge in [-0.1, -0.05) is 63.2 Å². The fraction of sp³-hybridized carbons (Fsp3) is 0.700. The van der Waals surface area contributed by atoms with E-state index in [1.54, 1.807) is 19.1 Å². The molecule has 0 radical (unpaired) electrons. The van der Waals surface area contributed by atoms with Gasteiger partial charge in [0, 0.05) is 8.80 Å². The van der Waals surface area contributed by atoms with Crippen molar-refractivity contribution < 1.29 is 13.5 Å². The summed E-state index contributed by atoms with van der Waals surface area (Å²) in [5, 5.41) is 0. The van der Waals surface area contributed by atoms with E-state index < -0.39 is 20.4 Å². The zero-order valence-electron chi connectivity index (χ0n) is 15.3. The molecule has 0 unspecified atom stereocenters. The molecule has 1 saturated heterocycles. The first-order valence-corrected chi connectivity index (χ1v) is 12.2. The lowest BCUT2D eigenvalue weighted by Crippen LogP contribution is -2.21. The second-order valence-corrected chi connectivity index (χ2v) is 10.7. The van der Waals surface area contributed by atoms with Crippen molar-refractivity contribution in [2.45, 2.75) is 76.9 Å². The van der Waals surface area contributed by atoms with Gasteiger partial charge in [-0.15, -0.1) is 0 Å². The van der Waals surface area contributed by atoms with Crippen molar-refractivity contribution in [3.8, 4) is 5.75 Å². The number of unbranched alkanes of at least 4 members (excludes halogenated alkanes) is 2. The average Bonchev–Trinajstić information content (AvgIpc) is 2.60. The van der Waals surface area contributed by atoms with Crippen LogP contribution in [-0.2, 0) is 6.42 Å². The van der Waals surface area contributed by atoms with E-state index in [0.29, 0.717) is 24.5 Å². The summed E-state index contributed by atoms with van der Waals surface area (Å²) in [5.41, 5.74) is 0.498. The largest absolute Gasteiger partial charge is 0.491 e. The number of rotatable bonds is 9. The minimum Gasteiger partial charge on any atom is -0.491 e. The Labute approximate surface area is 147 Å². The van der Waals surface area contributed by atoms with Crippen molar-refractivity contribution in [1.29, 1.82) is 0 Å². The van der Waals surface area contributed by atoms with Gasteiger partial charge in [0.15, 0.2) is 11.6 Å². The van der Waals surface area contributed by atoms with Gasteiger partial charge in [0.25, 0.3) is 0 Å². The summed E-state index contributed by atoms with van der Waals surface area (Å²) in [6.07, 6.45) is 8.37. The van der Waals surface area contributed by atoms with Crippen LogP contribution >= 0.6 is 0 Å². The maximum atomic E-state index is 14.1. The zero-order valence-corrected chi connectivity index (χ0v) is 16.4. The fourth-order valence-corrected chi connectivity index (χ4v) is 7.50. The van der Waals surface area contributed by atoms with E-state index in [9.17, 15) is 8.78 Å². The predicted molar refractivity (Wildman–Crippen MR) is 99.7 cm³/mol. The molecule has 1 aliphatic rings. The molecule has 1 heterocycles. The van der Waals surface area contributed by atoms with Crippen LogP contribution in [0.4, 0.5) is 8.78 Å². The van der Waals surface area contributed by atoms with E-state index in [4.69, 9.17) is 4.74 Å². The van der Waals surface area contributed by atoms with E-state index in [1.807, 2.05) is 0 Å². The van der Waals surface area contributed by atoms with E-state index in [2.05, 4.69) is 6.92 Å². The summed E-state index contributed by atoms with van der Waals surface area (Å²) in [6, 6.07) is 7.67. The summed E-state index contributed by atoms with van der Waals surface area (Å²) < 4.78 is 33.2. The second kappa shape index (κ2) is 10.2. The molecule has 2 rings (SSSR count). The van der Waals surface area contributed by atoms with E-state index in [-0.39, 0.29) is 5.75 Å². The molecule has 136 valence electrons. The topological polar surface area (TPSA) is 9.23 Å². The number of hydrogen-bond acceptors (Lipinski definition) is 1. The highest BCUT2D eigenvalue weighted by atomic mass is 28.3. The lowest BCUT2D eigenvalue weighted by molar-refractivity contribution is 0.313. The molecule has 1 aliphatic heterocycles. The fourth-order valence-electron chi connectivity index (χ4n) is 3.88. The third-order valence-corrected chi connectivity index (χ3v) is 8.96. The van der Waals surface area contributed by atoms with Gasteiger partial charge in [0.1, 0.15) is 0 Å². The van der Waals surface area contributed by atoms with Crippen LogP contribution in [-0.4, -0.2) is 15.4 Å². The molecule has 0 atom stereocenters. The van der Waals surface area contributed by atoms with Crippen molar-refractivity contribution in [2.75, 3.05) is 6.61 Å². The first-order valence-electron chi connectivity index (χ1n) is 9.75. The molecule has 0 N–H and O–H groups in total. The predicted octanol–water partition coefficient (Wildman–Crippen LogP) is 6.12. The third-order valence-electron chi connectivity index (χ3n) is 5.43. The minimum absolute atomic E-state index is 0.0253. The Hall–Kier alpha value is -0.903. The van der Waals surface area contributed by atoms with Gasteiger partial charge in [-0.3, -0.25) is 0 Å². The van der Waals surface area contributed by atoms with Crippen LogP contribution in [0.2, 0.25) is 18.1 Å². The number of hydrogen-bond donors (Lipinski definition) is 0. The summed E-state index contributed by atoms with van der Waals surface area (Å²) in [4.78, 5) is 0. The normalized spacial score (nSPS) is 21.0. The second-order valence-electron chi connectivity index (χ2n) is 7.21. The lowest BCUT2D eigenvalue weighted by atomic mass is 9.94. The third kappa shape index (κ3) is 5.57. The van der Waals surface area contributed by atoms with Crippen LogP contribution in [0.25, 0.3) is 0 Å². The maximum absolute atomic E-state index is 14.1. The maximum Gasteiger partial charge on any atom is 0.200 e. The van der Waals surface area contributed by atoms with Crippen molar-refractivity contribution in [3.63, 3.8) is 0 Å². The highest BCUT2D eigenvalue weighted by molar-refractivity contribution is 6.58. The highest BCUT2D eigenvalue weighted by Gasteiger charge is 2.22. The molecule has 1 aromatic rings. The van der Waals surface area contributed by atoms with Gasteiger partial charge in [0.2, 0.25) is 5.82 Å². The number of ether oxygens (including phenoxy) is 1. The molecule has 1 nitrogen and oxygen atoms in total. The molecule has 0 aliphatic carbocycles. The molecule has 24 heavy (non-hydrogen) atoms. The quantitative estimate of drug-likeness (QED) is 0.383. The number of halogens is 2. The number of benzene rings is 1. The Morgan fingerprint density at radius 1 is 1.08 bits per heavy atom. The molecule has 1 aromatic carbocycles. The van der Waals surface area contributed by atoms with Crippen molar-refractivity contribution in [3.05, 3.63) is 29.3 Å². The van der Waals surface area contributed by atoms with Gasteiger partial charge < -0.3 is 4.74 Å². The molecule has 1 fully saturated rings. The zero-order chi connectivity index (χ0) is 17.4. The van der Waals surface area contributed by atoms with Crippen LogP contribution in [0.15, 0.2) is 12.1 Å². The molecule has 0 spiro atoms. The Bertz CT molecular complexity index is 499. The van der Waals surface area contributed by atoms with Crippen LogP contribution in [0.5, 0.6) is 5.75 Å². The summed E-state index contributed by atoms with van der Waals surface area (Å²) >= 11 is 0. The van der Waals surface area contributed by atoms with Crippen LogP contribution in [0.1, 0.15) is 57.9 Å². The molecular formula is C20H32F2OSi. The first-order chi connectivity index (χ1) is 11.7. The van der Waals surface area contributed by atoms with Crippen molar-refractivity contribution in [2.24, 2.45) is 5.92 Å². The Morgan fingerprint density at radius 3 is 2.50 bits per heavy atom. The van der Waals surface area contributed by atoms with E-state index >= 15 is 0 Å². The van der Waals surface area contributed by atoms with Gasteiger partial charge in [-0.05, 0) is 37.3 Å². The van der Waals surface area contributed by atoms with Gasteiger partial charge in [0.05, 0.1) is 6.61 Å². The molecule has 0 aromatic heterocycles. The summed E-state index contributed by atoms with van der Waals surface area (Å²) in [5.74, 6) is -0.823. The van der Waals surface area contributed by atoms with Crippen molar-refractivity contribution >= 4 is 8.80 Å². The van der Waals surface area contributed by atoms with Crippen LogP contribution < -0.4 is 4.74 Å². The smallest absolute Gasteiger partial charge is 0.200 e. The monoisotopic (exact) mass is 354 g/mol. The van der Waals surface area contributed by atoms with Gasteiger partial charge >= 0.3 is 0 Å². The van der Waals surface area contributed by atoms with Crippen molar-refractivity contribution in [1.82, 2.24) is 0 Å². The molecular weight excluding hydrogens is 322 g/mol. The van der Waals surface area contributed by atoms with Crippen LogP contribution in [0.3, 0.4) is 0 Å². The molecule has 0 saturated carbocycles. The summed E-state index contributed by atoms with van der Waals surface area (Å²) in [6.45, 7) is 4.38. The Balaban J connectivity index is 1.77. The Morgan fingerprint density at radius 2 is 1.83 bits per heavy atom. The van der Waals surface area contributed by atoms with Gasteiger partial charge in [-0.2, -0.15) is 4.39 Å². The van der Waals surface area contributed by atoms with Gasteiger partial charge in [-0.25, -0.2) is 4.39 Å².